The van der Waals surface area contributed by atoms with Gasteiger partial charge in [-0.15, -0.1) is 0 Å². The van der Waals surface area contributed by atoms with Gasteiger partial charge in [-0.1, -0.05) is 0 Å². The number of aryl methyl sites for hydroxylation is 1. The number of halogens is 1. The molecule has 1 aliphatic rings. The first-order chi connectivity index (χ1) is 7.15. The molecule has 15 heavy (non-hydrogen) atoms. The molecule has 1 aliphatic heterocycles. The molecule has 1 aromatic rings. The normalized spacial score (nSPS) is 21.9. The third-order valence-corrected chi connectivity index (χ3v) is 3.24. The van der Waals surface area contributed by atoms with Gasteiger partial charge in [0.25, 0.3) is 0 Å². The van der Waals surface area contributed by atoms with E-state index < -0.39 is 0 Å². The molecule has 1 saturated heterocycles. The molecule has 0 aromatic carbocycles. The fourth-order valence-electron chi connectivity index (χ4n) is 1.96. The lowest BCUT2D eigenvalue weighted by atomic mass is 10.2. The van der Waals surface area contributed by atoms with Gasteiger partial charge in [0.1, 0.15) is 4.60 Å². The number of rotatable bonds is 2. The van der Waals surface area contributed by atoms with E-state index >= 15 is 0 Å². The van der Waals surface area contributed by atoms with Gasteiger partial charge < -0.3 is 10.2 Å². The van der Waals surface area contributed by atoms with Gasteiger partial charge in [-0.3, -0.25) is 0 Å². The SMILES string of the molecule is Cc1nc(Br)ccc1NC1CCN(C)C1. The van der Waals surface area contributed by atoms with E-state index in [4.69, 9.17) is 0 Å². The molecule has 0 bridgehead atoms. The van der Waals surface area contributed by atoms with E-state index in [1.165, 1.54) is 13.0 Å². The molecule has 1 unspecified atom stereocenters. The summed E-state index contributed by atoms with van der Waals surface area (Å²) in [6, 6.07) is 4.63. The van der Waals surface area contributed by atoms with Crippen LogP contribution in [0.2, 0.25) is 0 Å². The summed E-state index contributed by atoms with van der Waals surface area (Å²) in [5.41, 5.74) is 2.21. The van der Waals surface area contributed by atoms with Gasteiger partial charge in [-0.25, -0.2) is 4.98 Å². The molecule has 1 N–H and O–H groups in total. The highest BCUT2D eigenvalue weighted by atomic mass is 79.9. The van der Waals surface area contributed by atoms with Gasteiger partial charge in [0.05, 0.1) is 11.4 Å². The van der Waals surface area contributed by atoms with Crippen LogP contribution in [-0.2, 0) is 0 Å². The van der Waals surface area contributed by atoms with Crippen molar-refractivity contribution in [3.8, 4) is 0 Å². The van der Waals surface area contributed by atoms with E-state index in [9.17, 15) is 0 Å². The summed E-state index contributed by atoms with van der Waals surface area (Å²) >= 11 is 3.37. The molecule has 1 aromatic heterocycles. The molecule has 2 heterocycles. The largest absolute Gasteiger partial charge is 0.380 e. The Kier molecular flexibility index (Phi) is 3.26. The minimum absolute atomic E-state index is 0.566. The first kappa shape index (κ1) is 10.9. The van der Waals surface area contributed by atoms with Crippen molar-refractivity contribution in [2.45, 2.75) is 19.4 Å². The second kappa shape index (κ2) is 4.49. The van der Waals surface area contributed by atoms with Crippen molar-refractivity contribution >= 4 is 21.6 Å². The summed E-state index contributed by atoms with van der Waals surface area (Å²) in [6.45, 7) is 4.34. The fraction of sp³-hybridized carbons (Fsp3) is 0.545. The quantitative estimate of drug-likeness (QED) is 0.836. The fourth-order valence-corrected chi connectivity index (χ4v) is 2.35. The molecule has 0 spiro atoms. The van der Waals surface area contributed by atoms with Crippen LogP contribution in [0.1, 0.15) is 12.1 Å². The molecular formula is C11H16BrN3. The van der Waals surface area contributed by atoms with Gasteiger partial charge >= 0.3 is 0 Å². The molecule has 3 nitrogen and oxygen atoms in total. The van der Waals surface area contributed by atoms with Crippen LogP contribution in [-0.4, -0.2) is 36.1 Å². The topological polar surface area (TPSA) is 28.2 Å². The Morgan fingerprint density at radius 2 is 2.33 bits per heavy atom. The van der Waals surface area contributed by atoms with Crippen LogP contribution in [0.15, 0.2) is 16.7 Å². The number of likely N-dealkylation sites (N-methyl/N-ethyl adjacent to an activating group) is 1. The van der Waals surface area contributed by atoms with E-state index in [2.05, 4.69) is 44.2 Å². The lowest BCUT2D eigenvalue weighted by Gasteiger charge is -2.15. The molecule has 1 atom stereocenters. The molecule has 0 aliphatic carbocycles. The van der Waals surface area contributed by atoms with Crippen LogP contribution >= 0.6 is 15.9 Å². The van der Waals surface area contributed by atoms with Crippen LogP contribution in [0.5, 0.6) is 0 Å². The lowest BCUT2D eigenvalue weighted by molar-refractivity contribution is 0.414. The lowest BCUT2D eigenvalue weighted by Crippen LogP contribution is -2.24. The number of aromatic nitrogens is 1. The maximum absolute atomic E-state index is 4.38. The molecule has 82 valence electrons. The number of pyridine rings is 1. The Hall–Kier alpha value is -0.610. The summed E-state index contributed by atoms with van der Waals surface area (Å²) in [6.07, 6.45) is 1.21. The summed E-state index contributed by atoms with van der Waals surface area (Å²) in [5, 5.41) is 3.54. The van der Waals surface area contributed by atoms with Gasteiger partial charge in [0.2, 0.25) is 0 Å². The average Bonchev–Trinajstić information content (AvgIpc) is 2.56. The van der Waals surface area contributed by atoms with E-state index in [0.717, 1.165) is 22.5 Å². The predicted octanol–water partition coefficient (Wildman–Crippen LogP) is 2.27. The van der Waals surface area contributed by atoms with Gasteiger partial charge in [0.15, 0.2) is 0 Å². The third-order valence-electron chi connectivity index (χ3n) is 2.80. The molecule has 1 fully saturated rings. The Labute approximate surface area is 99.0 Å². The average molecular weight is 270 g/mol. The molecular weight excluding hydrogens is 254 g/mol. The molecule has 0 radical (unpaired) electrons. The van der Waals surface area contributed by atoms with Crippen molar-refractivity contribution in [3.05, 3.63) is 22.4 Å². The van der Waals surface area contributed by atoms with Gasteiger partial charge in [0, 0.05) is 12.6 Å². The number of hydrogen-bond acceptors (Lipinski definition) is 3. The predicted molar refractivity (Wildman–Crippen MR) is 66.2 cm³/mol. The second-order valence-electron chi connectivity index (χ2n) is 4.16. The Morgan fingerprint density at radius 3 is 2.93 bits per heavy atom. The van der Waals surface area contributed by atoms with Crippen LogP contribution in [0.4, 0.5) is 5.69 Å². The number of nitrogens with one attached hydrogen (secondary N) is 1. The Bertz CT molecular complexity index is 354. The highest BCUT2D eigenvalue weighted by Gasteiger charge is 2.19. The molecule has 4 heteroatoms. The third kappa shape index (κ3) is 2.69. The highest BCUT2D eigenvalue weighted by molar-refractivity contribution is 9.10. The number of hydrogen-bond donors (Lipinski definition) is 1. The van der Waals surface area contributed by atoms with Crippen LogP contribution in [0, 0.1) is 6.92 Å². The van der Waals surface area contributed by atoms with Crippen molar-refractivity contribution < 1.29 is 0 Å². The van der Waals surface area contributed by atoms with Crippen molar-refractivity contribution in [1.82, 2.24) is 9.88 Å². The van der Waals surface area contributed by atoms with Crippen molar-refractivity contribution in [2.24, 2.45) is 0 Å². The number of nitrogens with zero attached hydrogens (tertiary/aromatic N) is 2. The van der Waals surface area contributed by atoms with Crippen molar-refractivity contribution in [3.63, 3.8) is 0 Å². The zero-order valence-electron chi connectivity index (χ0n) is 9.13. The minimum atomic E-state index is 0.566. The number of anilines is 1. The Morgan fingerprint density at radius 1 is 1.53 bits per heavy atom. The molecule has 0 amide bonds. The second-order valence-corrected chi connectivity index (χ2v) is 4.97. The van der Waals surface area contributed by atoms with E-state index in [-0.39, 0.29) is 0 Å². The summed E-state index contributed by atoms with van der Waals surface area (Å²) in [4.78, 5) is 6.72. The summed E-state index contributed by atoms with van der Waals surface area (Å²) in [5.74, 6) is 0. The Balaban J connectivity index is 2.04. The summed E-state index contributed by atoms with van der Waals surface area (Å²) in [7, 11) is 2.16. The van der Waals surface area contributed by atoms with Crippen LogP contribution < -0.4 is 5.32 Å². The zero-order valence-corrected chi connectivity index (χ0v) is 10.7. The first-order valence-corrected chi connectivity index (χ1v) is 6.02. The van der Waals surface area contributed by atoms with E-state index in [0.29, 0.717) is 6.04 Å². The monoisotopic (exact) mass is 269 g/mol. The van der Waals surface area contributed by atoms with Gasteiger partial charge in [-0.05, 0) is 55.0 Å². The smallest absolute Gasteiger partial charge is 0.106 e. The highest BCUT2D eigenvalue weighted by Crippen LogP contribution is 2.19. The van der Waals surface area contributed by atoms with Crippen LogP contribution in [0.25, 0.3) is 0 Å². The standard InChI is InChI=1S/C11H16BrN3/c1-8-10(3-4-11(12)13-8)14-9-5-6-15(2)7-9/h3-4,9,14H,5-7H2,1-2H3. The van der Waals surface area contributed by atoms with Gasteiger partial charge in [-0.2, -0.15) is 0 Å². The van der Waals surface area contributed by atoms with Crippen molar-refractivity contribution in [1.29, 1.82) is 0 Å². The molecule has 0 saturated carbocycles. The maximum Gasteiger partial charge on any atom is 0.106 e. The molecule has 2 rings (SSSR count). The first-order valence-electron chi connectivity index (χ1n) is 5.23. The van der Waals surface area contributed by atoms with E-state index in [1.807, 2.05) is 13.0 Å². The van der Waals surface area contributed by atoms with Crippen LogP contribution in [0.3, 0.4) is 0 Å². The number of likely N-dealkylation sites (tertiary alicyclic amines) is 1. The maximum atomic E-state index is 4.38. The van der Waals surface area contributed by atoms with E-state index in [1.54, 1.807) is 0 Å². The summed E-state index contributed by atoms with van der Waals surface area (Å²) < 4.78 is 0.897. The zero-order chi connectivity index (χ0) is 10.8. The minimum Gasteiger partial charge on any atom is -0.380 e. The van der Waals surface area contributed by atoms with Crippen molar-refractivity contribution in [2.75, 3.05) is 25.5 Å².